The van der Waals surface area contributed by atoms with Crippen molar-refractivity contribution in [3.63, 3.8) is 0 Å². The predicted octanol–water partition coefficient (Wildman–Crippen LogP) is -0.577. The quantitative estimate of drug-likeness (QED) is 0.481. The highest BCUT2D eigenvalue weighted by Crippen LogP contribution is 2.17. The monoisotopic (exact) mass is 396 g/mol. The summed E-state index contributed by atoms with van der Waals surface area (Å²) >= 11 is 0. The fraction of sp³-hybridized carbons (Fsp3) is 0.643. The molecular formula is C14H25ClN4O5S. The van der Waals surface area contributed by atoms with E-state index in [0.29, 0.717) is 52.5 Å². The molecule has 0 bridgehead atoms. The van der Waals surface area contributed by atoms with Gasteiger partial charge in [0.2, 0.25) is 10.0 Å². The number of carbonyl (C=O) groups is 1. The largest absolute Gasteiger partial charge is 0.383 e. The van der Waals surface area contributed by atoms with Crippen LogP contribution >= 0.6 is 12.4 Å². The molecule has 0 saturated carbocycles. The van der Waals surface area contributed by atoms with Gasteiger partial charge in [-0.1, -0.05) is 0 Å². The Morgan fingerprint density at radius 1 is 1.32 bits per heavy atom. The molecule has 1 aromatic rings. The lowest BCUT2D eigenvalue weighted by Gasteiger charge is -2.25. The molecule has 144 valence electrons. The normalized spacial score (nSPS) is 15.6. The van der Waals surface area contributed by atoms with E-state index in [4.69, 9.17) is 9.47 Å². The lowest BCUT2D eigenvalue weighted by Crippen LogP contribution is -2.40. The highest BCUT2D eigenvalue weighted by atomic mass is 35.5. The van der Waals surface area contributed by atoms with Crippen LogP contribution in [0.2, 0.25) is 0 Å². The molecule has 0 atom stereocenters. The molecule has 2 rings (SSSR count). The predicted molar refractivity (Wildman–Crippen MR) is 94.7 cm³/mol. The average molecular weight is 397 g/mol. The molecule has 0 aromatic carbocycles. The van der Waals surface area contributed by atoms with E-state index in [2.05, 4.69) is 15.6 Å². The first kappa shape index (κ1) is 21.9. The first-order valence-electron chi connectivity index (χ1n) is 7.80. The lowest BCUT2D eigenvalue weighted by atomic mass is 10.4. The van der Waals surface area contributed by atoms with E-state index in [1.54, 1.807) is 7.11 Å². The molecule has 2 heterocycles. The minimum absolute atomic E-state index is 0. The molecule has 1 fully saturated rings. The van der Waals surface area contributed by atoms with Gasteiger partial charge in [-0.05, 0) is 6.07 Å². The molecule has 1 aliphatic rings. The van der Waals surface area contributed by atoms with Crippen molar-refractivity contribution in [1.82, 2.24) is 19.9 Å². The van der Waals surface area contributed by atoms with Crippen molar-refractivity contribution in [3.8, 4) is 0 Å². The first-order chi connectivity index (χ1) is 11.6. The number of ether oxygens (including phenoxy) is 2. The van der Waals surface area contributed by atoms with Crippen LogP contribution in [0.25, 0.3) is 0 Å². The average Bonchev–Trinajstić information content (AvgIpc) is 3.09. The maximum Gasteiger partial charge on any atom is 0.267 e. The summed E-state index contributed by atoms with van der Waals surface area (Å²) in [4.78, 5) is 14.8. The van der Waals surface area contributed by atoms with Crippen LogP contribution in [-0.4, -0.2) is 83.3 Å². The second kappa shape index (κ2) is 10.7. The van der Waals surface area contributed by atoms with Crippen molar-refractivity contribution in [3.05, 3.63) is 18.0 Å². The van der Waals surface area contributed by atoms with E-state index < -0.39 is 10.0 Å². The van der Waals surface area contributed by atoms with E-state index in [-0.39, 0.29) is 28.9 Å². The van der Waals surface area contributed by atoms with Crippen molar-refractivity contribution in [2.24, 2.45) is 0 Å². The van der Waals surface area contributed by atoms with E-state index in [1.165, 1.54) is 16.6 Å². The summed E-state index contributed by atoms with van der Waals surface area (Å²) in [7, 11) is -1.97. The number of nitrogens with zero attached hydrogens (tertiary/aromatic N) is 1. The number of halogens is 1. The van der Waals surface area contributed by atoms with Crippen LogP contribution in [0.4, 0.5) is 0 Å². The molecule has 0 unspecified atom stereocenters. The van der Waals surface area contributed by atoms with Crippen molar-refractivity contribution < 1.29 is 22.7 Å². The number of methoxy groups -OCH3 is 1. The molecule has 11 heteroatoms. The van der Waals surface area contributed by atoms with E-state index >= 15 is 0 Å². The van der Waals surface area contributed by atoms with Crippen molar-refractivity contribution in [1.29, 1.82) is 0 Å². The molecule has 1 aliphatic heterocycles. The van der Waals surface area contributed by atoms with Crippen molar-refractivity contribution in [2.75, 3.05) is 59.7 Å². The number of carbonyl (C=O) groups excluding carboxylic acids is 1. The van der Waals surface area contributed by atoms with Gasteiger partial charge in [0.15, 0.2) is 0 Å². The Morgan fingerprint density at radius 3 is 2.72 bits per heavy atom. The van der Waals surface area contributed by atoms with Crippen molar-refractivity contribution >= 4 is 28.3 Å². The third-order valence-corrected chi connectivity index (χ3v) is 5.46. The first-order valence-corrected chi connectivity index (χ1v) is 9.24. The molecule has 1 amide bonds. The van der Waals surface area contributed by atoms with Crippen LogP contribution in [0.1, 0.15) is 10.5 Å². The summed E-state index contributed by atoms with van der Waals surface area (Å²) in [5.74, 6) is -0.341. The number of morpholine rings is 1. The van der Waals surface area contributed by atoms with Gasteiger partial charge in [0.05, 0.1) is 19.8 Å². The molecular weight excluding hydrogens is 372 g/mol. The second-order valence-electron chi connectivity index (χ2n) is 5.26. The topological polar surface area (TPSA) is 113 Å². The highest BCUT2D eigenvalue weighted by molar-refractivity contribution is 7.89. The fourth-order valence-corrected chi connectivity index (χ4v) is 3.65. The molecule has 1 aromatic heterocycles. The molecule has 25 heavy (non-hydrogen) atoms. The summed E-state index contributed by atoms with van der Waals surface area (Å²) in [6.07, 6.45) is 1.34. The Bertz CT molecular complexity index is 631. The van der Waals surface area contributed by atoms with Gasteiger partial charge in [-0.25, -0.2) is 8.42 Å². The number of hydrogen-bond acceptors (Lipinski definition) is 6. The zero-order valence-corrected chi connectivity index (χ0v) is 15.7. The van der Waals surface area contributed by atoms with Crippen molar-refractivity contribution in [2.45, 2.75) is 4.90 Å². The maximum absolute atomic E-state index is 12.5. The fourth-order valence-electron chi connectivity index (χ4n) is 2.25. The Kier molecular flexibility index (Phi) is 9.39. The van der Waals surface area contributed by atoms with Gasteiger partial charge in [-0.15, -0.1) is 12.4 Å². The molecule has 0 radical (unpaired) electrons. The zero-order valence-electron chi connectivity index (χ0n) is 14.1. The number of sulfonamides is 1. The highest BCUT2D eigenvalue weighted by Gasteiger charge is 2.27. The van der Waals surface area contributed by atoms with E-state index in [1.807, 2.05) is 0 Å². The summed E-state index contributed by atoms with van der Waals surface area (Å²) in [6, 6.07) is 1.36. The van der Waals surface area contributed by atoms with Gasteiger partial charge < -0.3 is 25.1 Å². The lowest BCUT2D eigenvalue weighted by molar-refractivity contribution is 0.0730. The zero-order chi connectivity index (χ0) is 17.4. The molecule has 0 spiro atoms. The van der Waals surface area contributed by atoms with Crippen LogP contribution < -0.4 is 10.6 Å². The Balaban J connectivity index is 0.00000312. The Labute approximate surface area is 153 Å². The van der Waals surface area contributed by atoms with E-state index in [0.717, 1.165) is 0 Å². The van der Waals surface area contributed by atoms with Gasteiger partial charge >= 0.3 is 0 Å². The minimum atomic E-state index is -3.59. The molecule has 1 saturated heterocycles. The van der Waals surface area contributed by atoms with E-state index in [9.17, 15) is 13.2 Å². The van der Waals surface area contributed by atoms with Crippen LogP contribution in [0.5, 0.6) is 0 Å². The van der Waals surface area contributed by atoms with Crippen LogP contribution in [0.15, 0.2) is 17.2 Å². The third-order valence-electron chi connectivity index (χ3n) is 3.58. The molecule has 9 nitrogen and oxygen atoms in total. The third kappa shape index (κ3) is 6.24. The van der Waals surface area contributed by atoms with Gasteiger partial charge in [-0.3, -0.25) is 4.79 Å². The van der Waals surface area contributed by atoms with Gasteiger partial charge in [0, 0.05) is 46.0 Å². The smallest absolute Gasteiger partial charge is 0.267 e. The second-order valence-corrected chi connectivity index (χ2v) is 7.20. The van der Waals surface area contributed by atoms with Gasteiger partial charge in [-0.2, -0.15) is 4.31 Å². The number of rotatable bonds is 9. The Hall–Kier alpha value is -1.17. The van der Waals surface area contributed by atoms with Crippen LogP contribution in [0.3, 0.4) is 0 Å². The van der Waals surface area contributed by atoms with Gasteiger partial charge in [0.25, 0.3) is 5.91 Å². The minimum Gasteiger partial charge on any atom is -0.383 e. The number of H-pyrrole nitrogens is 1. The summed E-state index contributed by atoms with van der Waals surface area (Å²) in [6.45, 7) is 3.76. The summed E-state index contributed by atoms with van der Waals surface area (Å²) < 4.78 is 36.4. The Morgan fingerprint density at radius 2 is 2.04 bits per heavy atom. The summed E-state index contributed by atoms with van der Waals surface area (Å²) in [5, 5.41) is 5.82. The molecule has 0 aliphatic carbocycles. The maximum atomic E-state index is 12.5. The van der Waals surface area contributed by atoms with Crippen LogP contribution in [0, 0.1) is 0 Å². The number of amides is 1. The molecule has 3 N–H and O–H groups in total. The SMILES string of the molecule is COCCNCCNC(=O)c1cc(S(=O)(=O)N2CCOCC2)c[nH]1.Cl. The number of aromatic amines is 1. The number of hydrogen-bond donors (Lipinski definition) is 3. The summed E-state index contributed by atoms with van der Waals surface area (Å²) in [5.41, 5.74) is 0.221. The number of nitrogens with one attached hydrogen (secondary N) is 3. The van der Waals surface area contributed by atoms with Crippen LogP contribution in [-0.2, 0) is 19.5 Å². The van der Waals surface area contributed by atoms with Gasteiger partial charge in [0.1, 0.15) is 10.6 Å². The standard InChI is InChI=1S/C14H24N4O5S.ClH/c1-22-7-4-15-2-3-16-14(19)13-10-12(11-17-13)24(20,21)18-5-8-23-9-6-18;/h10-11,15,17H,2-9H2,1H3,(H,16,19);1H. The number of aromatic nitrogens is 1.